The molecule has 0 bridgehead atoms. The number of alkyl carbamates (subject to hydrolysis) is 1. The number of hydrogen-bond acceptors (Lipinski definition) is 8. The van der Waals surface area contributed by atoms with Gasteiger partial charge in [0.1, 0.15) is 18.2 Å². The zero-order valence-corrected chi connectivity index (χ0v) is 17.5. The van der Waals surface area contributed by atoms with Crippen molar-refractivity contribution in [2.75, 3.05) is 0 Å². The van der Waals surface area contributed by atoms with Gasteiger partial charge in [-0.3, -0.25) is 4.79 Å². The predicted octanol–water partition coefficient (Wildman–Crippen LogP) is 2.27. The molecule has 1 amide bonds. The van der Waals surface area contributed by atoms with Gasteiger partial charge in [0, 0.05) is 18.6 Å². The van der Waals surface area contributed by atoms with Crippen LogP contribution >= 0.6 is 0 Å². The summed E-state index contributed by atoms with van der Waals surface area (Å²) in [4.78, 5) is 41.6. The van der Waals surface area contributed by atoms with Crippen LogP contribution in [0.1, 0.15) is 39.2 Å². The SMILES string of the molecule is CC(C)(C)OC(=O)NC(CCC(=O)OCc1ccccc1)C(=O)On1c(O)ccc1O. The second-order valence-corrected chi connectivity index (χ2v) is 7.64. The number of esters is 1. The van der Waals surface area contributed by atoms with E-state index in [1.54, 1.807) is 32.9 Å². The minimum absolute atomic E-state index is 0.0688. The van der Waals surface area contributed by atoms with E-state index in [-0.39, 0.29) is 19.4 Å². The van der Waals surface area contributed by atoms with Gasteiger partial charge in [0.25, 0.3) is 0 Å². The second kappa shape index (κ2) is 10.4. The molecule has 31 heavy (non-hydrogen) atoms. The zero-order chi connectivity index (χ0) is 23.0. The van der Waals surface area contributed by atoms with Crippen molar-refractivity contribution in [2.24, 2.45) is 0 Å². The maximum atomic E-state index is 12.5. The summed E-state index contributed by atoms with van der Waals surface area (Å²) in [6.07, 6.45) is -1.26. The van der Waals surface area contributed by atoms with Gasteiger partial charge in [-0.05, 0) is 32.8 Å². The lowest BCUT2D eigenvalue weighted by molar-refractivity contribution is -0.149. The molecule has 1 heterocycles. The Hall–Kier alpha value is -3.69. The van der Waals surface area contributed by atoms with Gasteiger partial charge >= 0.3 is 18.0 Å². The molecule has 0 radical (unpaired) electrons. The van der Waals surface area contributed by atoms with Gasteiger partial charge < -0.3 is 29.8 Å². The molecule has 0 aliphatic carbocycles. The third-order valence-electron chi connectivity index (χ3n) is 3.83. The number of nitrogens with zero attached hydrogens (tertiary/aromatic N) is 1. The van der Waals surface area contributed by atoms with E-state index < -0.39 is 41.4 Å². The van der Waals surface area contributed by atoms with Crippen LogP contribution < -0.4 is 10.2 Å². The van der Waals surface area contributed by atoms with Crippen LogP contribution in [0, 0.1) is 0 Å². The molecule has 0 spiro atoms. The van der Waals surface area contributed by atoms with Gasteiger partial charge in [-0.25, -0.2) is 9.59 Å². The number of ether oxygens (including phenoxy) is 2. The number of hydrogen-bond donors (Lipinski definition) is 3. The van der Waals surface area contributed by atoms with E-state index in [0.717, 1.165) is 17.7 Å². The van der Waals surface area contributed by atoms with Crippen LogP contribution in [0.25, 0.3) is 0 Å². The zero-order valence-electron chi connectivity index (χ0n) is 17.5. The van der Waals surface area contributed by atoms with E-state index in [2.05, 4.69) is 5.32 Å². The molecule has 0 saturated heterocycles. The first-order valence-corrected chi connectivity index (χ1v) is 9.56. The summed E-state index contributed by atoms with van der Waals surface area (Å²) in [7, 11) is 0. The van der Waals surface area contributed by atoms with Crippen LogP contribution in [0.3, 0.4) is 0 Å². The van der Waals surface area contributed by atoms with E-state index in [1.807, 2.05) is 18.2 Å². The fourth-order valence-corrected chi connectivity index (χ4v) is 2.42. The van der Waals surface area contributed by atoms with Crippen molar-refractivity contribution in [2.45, 2.75) is 51.9 Å². The highest BCUT2D eigenvalue weighted by Crippen LogP contribution is 2.19. The minimum Gasteiger partial charge on any atom is -0.492 e. The lowest BCUT2D eigenvalue weighted by Gasteiger charge is -2.22. The molecule has 2 aromatic rings. The van der Waals surface area contributed by atoms with E-state index in [0.29, 0.717) is 4.73 Å². The summed E-state index contributed by atoms with van der Waals surface area (Å²) >= 11 is 0. The van der Waals surface area contributed by atoms with Gasteiger partial charge in [-0.15, -0.1) is 4.73 Å². The quantitative estimate of drug-likeness (QED) is 0.538. The maximum Gasteiger partial charge on any atom is 0.408 e. The van der Waals surface area contributed by atoms with E-state index in [9.17, 15) is 24.6 Å². The minimum atomic E-state index is -1.31. The topological polar surface area (TPSA) is 136 Å². The number of aromatic nitrogens is 1. The molecule has 1 aromatic carbocycles. The Labute approximate surface area is 179 Å². The summed E-state index contributed by atoms with van der Waals surface area (Å²) in [5.74, 6) is -2.66. The van der Waals surface area contributed by atoms with Gasteiger partial charge in [-0.2, -0.15) is 0 Å². The molecule has 0 fully saturated rings. The van der Waals surface area contributed by atoms with E-state index >= 15 is 0 Å². The molecule has 1 unspecified atom stereocenters. The Bertz CT molecular complexity index is 882. The maximum absolute atomic E-state index is 12.5. The third kappa shape index (κ3) is 7.92. The van der Waals surface area contributed by atoms with Crippen molar-refractivity contribution in [3.63, 3.8) is 0 Å². The van der Waals surface area contributed by atoms with Gasteiger partial charge in [0.05, 0.1) is 0 Å². The molecule has 3 N–H and O–H groups in total. The Kier molecular flexibility index (Phi) is 7.89. The molecule has 0 aliphatic rings. The number of nitrogens with one attached hydrogen (secondary N) is 1. The molecule has 10 heteroatoms. The third-order valence-corrected chi connectivity index (χ3v) is 3.83. The van der Waals surface area contributed by atoms with Crippen molar-refractivity contribution in [1.82, 2.24) is 10.0 Å². The van der Waals surface area contributed by atoms with Gasteiger partial charge in [0.15, 0.2) is 0 Å². The highest BCUT2D eigenvalue weighted by Gasteiger charge is 2.28. The van der Waals surface area contributed by atoms with Crippen LogP contribution in [0.5, 0.6) is 11.8 Å². The molecule has 10 nitrogen and oxygen atoms in total. The Morgan fingerprint density at radius 2 is 1.65 bits per heavy atom. The van der Waals surface area contributed by atoms with E-state index in [4.69, 9.17) is 14.3 Å². The number of benzene rings is 1. The number of rotatable bonds is 8. The smallest absolute Gasteiger partial charge is 0.408 e. The van der Waals surface area contributed by atoms with Crippen molar-refractivity contribution >= 4 is 18.0 Å². The fraction of sp³-hybridized carbons (Fsp3) is 0.381. The highest BCUT2D eigenvalue weighted by atomic mass is 16.7. The molecular formula is C21H26N2O8. The van der Waals surface area contributed by atoms with Gasteiger partial charge in [0.2, 0.25) is 11.8 Å². The van der Waals surface area contributed by atoms with Crippen molar-refractivity contribution in [3.8, 4) is 11.8 Å². The van der Waals surface area contributed by atoms with Crippen LogP contribution in [0.2, 0.25) is 0 Å². The van der Waals surface area contributed by atoms with Crippen molar-refractivity contribution in [3.05, 3.63) is 48.0 Å². The summed E-state index contributed by atoms with van der Waals surface area (Å²) in [5.41, 5.74) is -0.0124. The molecular weight excluding hydrogens is 408 g/mol. The molecule has 0 saturated carbocycles. The normalized spacial score (nSPS) is 12.0. The highest BCUT2D eigenvalue weighted by molar-refractivity contribution is 5.82. The Morgan fingerprint density at radius 3 is 2.23 bits per heavy atom. The van der Waals surface area contributed by atoms with E-state index in [1.165, 1.54) is 0 Å². The van der Waals surface area contributed by atoms with Crippen LogP contribution in [-0.2, 0) is 25.7 Å². The summed E-state index contributed by atoms with van der Waals surface area (Å²) in [6, 6.07) is 9.98. The first kappa shape index (κ1) is 23.6. The number of amides is 1. The van der Waals surface area contributed by atoms with Crippen molar-refractivity contribution in [1.29, 1.82) is 0 Å². The average Bonchev–Trinajstić information content (AvgIpc) is 3.00. The first-order chi connectivity index (χ1) is 14.5. The number of carbonyl (C=O) groups is 3. The molecule has 168 valence electrons. The summed E-state index contributed by atoms with van der Waals surface area (Å²) in [6.45, 7) is 5.02. The lowest BCUT2D eigenvalue weighted by atomic mass is 10.1. The number of aromatic hydroxyl groups is 2. The monoisotopic (exact) mass is 434 g/mol. The standard InChI is InChI=1S/C21H26N2O8/c1-21(2,3)30-20(28)22-15(19(27)31-23-16(24)10-11-17(23)25)9-12-18(26)29-13-14-7-5-4-6-8-14/h4-8,10-11,15,24-25H,9,12-13H2,1-3H3,(H,22,28). The van der Waals surface area contributed by atoms with Crippen LogP contribution in [0.15, 0.2) is 42.5 Å². The predicted molar refractivity (Wildman–Crippen MR) is 108 cm³/mol. The van der Waals surface area contributed by atoms with Crippen LogP contribution in [0.4, 0.5) is 4.79 Å². The molecule has 1 atom stereocenters. The number of carbonyl (C=O) groups excluding carboxylic acids is 3. The Morgan fingerprint density at radius 1 is 1.03 bits per heavy atom. The van der Waals surface area contributed by atoms with Crippen molar-refractivity contribution < 1.29 is 38.9 Å². The molecule has 0 aliphatic heterocycles. The average molecular weight is 434 g/mol. The Balaban J connectivity index is 1.99. The summed E-state index contributed by atoms with van der Waals surface area (Å²) < 4.78 is 10.8. The molecule has 1 aromatic heterocycles. The second-order valence-electron chi connectivity index (χ2n) is 7.64. The summed E-state index contributed by atoms with van der Waals surface area (Å²) in [5, 5.41) is 21.6. The largest absolute Gasteiger partial charge is 0.492 e. The van der Waals surface area contributed by atoms with Gasteiger partial charge in [-0.1, -0.05) is 30.3 Å². The first-order valence-electron chi connectivity index (χ1n) is 9.56. The lowest BCUT2D eigenvalue weighted by Crippen LogP contribution is -2.46. The molecule has 2 rings (SSSR count). The fourth-order valence-electron chi connectivity index (χ4n) is 2.42. The van der Waals surface area contributed by atoms with Crippen LogP contribution in [-0.4, -0.2) is 44.6 Å².